The van der Waals surface area contributed by atoms with Gasteiger partial charge in [-0.05, 0) is 54.4 Å². The number of carbonyl (C=O) groups is 1. The summed E-state index contributed by atoms with van der Waals surface area (Å²) in [5, 5.41) is 1.95. The molecule has 0 fully saturated rings. The van der Waals surface area contributed by atoms with Crippen LogP contribution in [0.2, 0.25) is 0 Å². The molecular formula is C13H21BrN2OS. The molecule has 0 atom stereocenters. The number of hydrogen-bond acceptors (Lipinski definition) is 4. The molecule has 0 aromatic carbocycles. The average molecular weight is 333 g/mol. The van der Waals surface area contributed by atoms with Gasteiger partial charge in [-0.1, -0.05) is 6.92 Å². The number of hydrogen-bond donors (Lipinski definition) is 0. The number of Topliss-reactive ketones (excluding diaryl/α,β-unsaturated/α-hetero) is 1. The number of likely N-dealkylation sites (N-methyl/N-ethyl adjacent to an activating group) is 1. The van der Waals surface area contributed by atoms with E-state index in [9.17, 15) is 4.79 Å². The lowest BCUT2D eigenvalue weighted by Crippen LogP contribution is -2.36. The molecule has 102 valence electrons. The molecule has 1 rings (SSSR count). The Hall–Kier alpha value is -0.230. The van der Waals surface area contributed by atoms with Crippen molar-refractivity contribution in [2.75, 3.05) is 40.3 Å². The van der Waals surface area contributed by atoms with Gasteiger partial charge in [-0.3, -0.25) is 9.69 Å². The molecule has 0 bridgehead atoms. The SMILES string of the molecule is CCCN(CCN(C)C)CC(=O)c1sccc1Br. The Morgan fingerprint density at radius 1 is 1.33 bits per heavy atom. The highest BCUT2D eigenvalue weighted by Gasteiger charge is 2.15. The number of halogens is 1. The smallest absolute Gasteiger partial charge is 0.187 e. The number of carbonyl (C=O) groups excluding carboxylic acids is 1. The summed E-state index contributed by atoms with van der Waals surface area (Å²) in [6.45, 7) is 5.56. The van der Waals surface area contributed by atoms with Gasteiger partial charge >= 0.3 is 0 Å². The van der Waals surface area contributed by atoms with Crippen molar-refractivity contribution in [2.45, 2.75) is 13.3 Å². The third-order valence-corrected chi connectivity index (χ3v) is 4.52. The molecule has 18 heavy (non-hydrogen) atoms. The van der Waals surface area contributed by atoms with E-state index in [1.807, 2.05) is 11.4 Å². The van der Waals surface area contributed by atoms with E-state index in [2.05, 4.69) is 46.7 Å². The third-order valence-electron chi connectivity index (χ3n) is 2.64. The third kappa shape index (κ3) is 5.18. The Morgan fingerprint density at radius 3 is 2.56 bits per heavy atom. The standard InChI is InChI=1S/C13H21BrN2OS/c1-4-6-16(8-7-15(2)3)10-12(17)13-11(14)5-9-18-13/h5,9H,4,6-8,10H2,1-3H3. The Labute approximate surface area is 122 Å². The summed E-state index contributed by atoms with van der Waals surface area (Å²) in [5.41, 5.74) is 0. The number of thiophene rings is 1. The molecule has 0 aliphatic carbocycles. The first kappa shape index (κ1) is 15.8. The van der Waals surface area contributed by atoms with Gasteiger partial charge in [0.15, 0.2) is 5.78 Å². The lowest BCUT2D eigenvalue weighted by molar-refractivity contribution is 0.0928. The van der Waals surface area contributed by atoms with Crippen LogP contribution in [0.15, 0.2) is 15.9 Å². The van der Waals surface area contributed by atoms with Crippen molar-refractivity contribution < 1.29 is 4.79 Å². The molecule has 0 unspecified atom stereocenters. The second-order valence-corrected chi connectivity index (χ2v) is 6.37. The molecule has 1 heterocycles. The molecule has 0 saturated heterocycles. The zero-order valence-electron chi connectivity index (χ0n) is 11.3. The fourth-order valence-corrected chi connectivity index (χ4v) is 3.22. The summed E-state index contributed by atoms with van der Waals surface area (Å²) in [6.07, 6.45) is 1.08. The first-order valence-corrected chi connectivity index (χ1v) is 7.85. The van der Waals surface area contributed by atoms with Crippen LogP contribution in [-0.4, -0.2) is 55.9 Å². The van der Waals surface area contributed by atoms with Crippen LogP contribution in [0.3, 0.4) is 0 Å². The van der Waals surface area contributed by atoms with E-state index in [-0.39, 0.29) is 5.78 Å². The van der Waals surface area contributed by atoms with Crippen LogP contribution in [0.5, 0.6) is 0 Å². The van der Waals surface area contributed by atoms with E-state index >= 15 is 0 Å². The van der Waals surface area contributed by atoms with Gasteiger partial charge in [0.2, 0.25) is 0 Å². The van der Waals surface area contributed by atoms with Gasteiger partial charge in [0.05, 0.1) is 11.4 Å². The van der Waals surface area contributed by atoms with E-state index in [0.717, 1.165) is 35.4 Å². The summed E-state index contributed by atoms with van der Waals surface area (Å²) in [7, 11) is 4.11. The minimum atomic E-state index is 0.212. The van der Waals surface area contributed by atoms with Crippen LogP contribution in [-0.2, 0) is 0 Å². The van der Waals surface area contributed by atoms with Crippen molar-refractivity contribution in [3.63, 3.8) is 0 Å². The largest absolute Gasteiger partial charge is 0.308 e. The lowest BCUT2D eigenvalue weighted by atomic mass is 10.3. The number of ketones is 1. The Kier molecular flexibility index (Phi) is 7.07. The minimum absolute atomic E-state index is 0.212. The maximum Gasteiger partial charge on any atom is 0.187 e. The number of rotatable bonds is 8. The highest BCUT2D eigenvalue weighted by atomic mass is 79.9. The molecule has 1 aromatic heterocycles. The zero-order chi connectivity index (χ0) is 13.5. The van der Waals surface area contributed by atoms with Gasteiger partial charge in [0, 0.05) is 17.6 Å². The lowest BCUT2D eigenvalue weighted by Gasteiger charge is -2.22. The normalized spacial score (nSPS) is 11.4. The van der Waals surface area contributed by atoms with Gasteiger partial charge in [-0.2, -0.15) is 0 Å². The maximum atomic E-state index is 12.2. The van der Waals surface area contributed by atoms with Crippen LogP contribution >= 0.6 is 27.3 Å². The summed E-state index contributed by atoms with van der Waals surface area (Å²) >= 11 is 4.93. The van der Waals surface area contributed by atoms with Crippen LogP contribution < -0.4 is 0 Å². The van der Waals surface area contributed by atoms with Crippen LogP contribution in [0.1, 0.15) is 23.0 Å². The average Bonchev–Trinajstić information content (AvgIpc) is 2.72. The van der Waals surface area contributed by atoms with E-state index in [4.69, 9.17) is 0 Å². The molecule has 0 radical (unpaired) electrons. The first-order chi connectivity index (χ1) is 8.54. The molecule has 0 saturated carbocycles. The second-order valence-electron chi connectivity index (χ2n) is 4.60. The Bertz CT molecular complexity index is 379. The van der Waals surface area contributed by atoms with E-state index in [1.165, 1.54) is 11.3 Å². The Morgan fingerprint density at radius 2 is 2.06 bits per heavy atom. The van der Waals surface area contributed by atoms with Gasteiger partial charge in [-0.15, -0.1) is 11.3 Å². The van der Waals surface area contributed by atoms with Gasteiger partial charge < -0.3 is 4.90 Å². The summed E-state index contributed by atoms with van der Waals surface area (Å²) in [5.74, 6) is 0.212. The van der Waals surface area contributed by atoms with Crippen molar-refractivity contribution in [3.8, 4) is 0 Å². The Balaban J connectivity index is 2.55. The summed E-state index contributed by atoms with van der Waals surface area (Å²) in [6, 6.07) is 1.93. The summed E-state index contributed by atoms with van der Waals surface area (Å²) < 4.78 is 0.918. The zero-order valence-corrected chi connectivity index (χ0v) is 13.7. The fourth-order valence-electron chi connectivity index (χ4n) is 1.70. The van der Waals surface area contributed by atoms with Crippen LogP contribution in [0.4, 0.5) is 0 Å². The molecule has 0 amide bonds. The predicted molar refractivity (Wildman–Crippen MR) is 81.6 cm³/mol. The molecule has 0 aliphatic heterocycles. The van der Waals surface area contributed by atoms with Crippen molar-refractivity contribution in [1.29, 1.82) is 0 Å². The summed E-state index contributed by atoms with van der Waals surface area (Å²) in [4.78, 5) is 17.4. The fraction of sp³-hybridized carbons (Fsp3) is 0.615. The molecular weight excluding hydrogens is 312 g/mol. The molecule has 5 heteroatoms. The van der Waals surface area contributed by atoms with Crippen LogP contribution in [0, 0.1) is 0 Å². The molecule has 0 N–H and O–H groups in total. The van der Waals surface area contributed by atoms with Crippen LogP contribution in [0.25, 0.3) is 0 Å². The van der Waals surface area contributed by atoms with Crippen molar-refractivity contribution in [3.05, 3.63) is 20.8 Å². The number of nitrogens with zero attached hydrogens (tertiary/aromatic N) is 2. The van der Waals surface area contributed by atoms with E-state index in [1.54, 1.807) is 0 Å². The highest BCUT2D eigenvalue weighted by Crippen LogP contribution is 2.23. The second kappa shape index (κ2) is 8.04. The molecule has 3 nitrogen and oxygen atoms in total. The highest BCUT2D eigenvalue weighted by molar-refractivity contribution is 9.10. The van der Waals surface area contributed by atoms with Crippen molar-refractivity contribution in [1.82, 2.24) is 9.80 Å². The molecule has 1 aromatic rings. The minimum Gasteiger partial charge on any atom is -0.308 e. The van der Waals surface area contributed by atoms with Crippen molar-refractivity contribution in [2.24, 2.45) is 0 Å². The van der Waals surface area contributed by atoms with Gasteiger partial charge in [0.25, 0.3) is 0 Å². The first-order valence-electron chi connectivity index (χ1n) is 6.17. The molecule has 0 aliphatic rings. The van der Waals surface area contributed by atoms with Gasteiger partial charge in [-0.25, -0.2) is 0 Å². The quantitative estimate of drug-likeness (QED) is 0.684. The monoisotopic (exact) mass is 332 g/mol. The predicted octanol–water partition coefficient (Wildman–Crippen LogP) is 2.97. The van der Waals surface area contributed by atoms with E-state index < -0.39 is 0 Å². The van der Waals surface area contributed by atoms with Gasteiger partial charge in [0.1, 0.15) is 0 Å². The maximum absolute atomic E-state index is 12.2. The van der Waals surface area contributed by atoms with E-state index in [0.29, 0.717) is 6.54 Å². The van der Waals surface area contributed by atoms with Crippen molar-refractivity contribution >= 4 is 33.0 Å². The molecule has 0 spiro atoms. The topological polar surface area (TPSA) is 23.6 Å².